The van der Waals surface area contributed by atoms with Gasteiger partial charge in [-0.2, -0.15) is 0 Å². The second-order valence-electron chi connectivity index (χ2n) is 4.63. The van der Waals surface area contributed by atoms with Gasteiger partial charge in [0.1, 0.15) is 6.61 Å². The summed E-state index contributed by atoms with van der Waals surface area (Å²) in [5, 5.41) is 10.1. The van der Waals surface area contributed by atoms with E-state index in [0.29, 0.717) is 0 Å². The zero-order valence-corrected chi connectivity index (χ0v) is 10.5. The number of ether oxygens (including phenoxy) is 2. The van der Waals surface area contributed by atoms with Crippen LogP contribution < -0.4 is 0 Å². The summed E-state index contributed by atoms with van der Waals surface area (Å²) < 4.78 is 10.8. The van der Waals surface area contributed by atoms with Crippen LogP contribution in [-0.2, 0) is 14.3 Å². The topological polar surface area (TPSA) is 55.8 Å². The summed E-state index contributed by atoms with van der Waals surface area (Å²) in [5.41, 5.74) is 0. The molecule has 0 amide bonds. The maximum Gasteiger partial charge on any atom is 0.302 e. The molecule has 1 N–H and O–H groups in total. The highest BCUT2D eigenvalue weighted by Gasteiger charge is 2.39. The van der Waals surface area contributed by atoms with Crippen molar-refractivity contribution in [2.45, 2.75) is 52.4 Å². The normalized spacial score (nSPS) is 39.4. The van der Waals surface area contributed by atoms with Crippen molar-refractivity contribution in [3.8, 4) is 0 Å². The molecule has 0 saturated carbocycles. The highest BCUT2D eigenvalue weighted by molar-refractivity contribution is 5.65. The molecule has 4 heteroatoms. The second kappa shape index (κ2) is 5.64. The Morgan fingerprint density at radius 2 is 1.88 bits per heavy atom. The molecule has 16 heavy (non-hydrogen) atoms. The molecule has 0 spiro atoms. The van der Waals surface area contributed by atoms with Gasteiger partial charge < -0.3 is 14.6 Å². The standard InChI is InChI=1S/C12H22O4/c1-5-10-7(2)12(14)8(3)11(16-10)6-15-9(4)13/h7-8,10-12,14H,5-6H2,1-4H3. The highest BCUT2D eigenvalue weighted by atomic mass is 16.6. The minimum atomic E-state index is -0.390. The Balaban J connectivity index is 2.60. The average molecular weight is 230 g/mol. The third-order valence-corrected chi connectivity index (χ3v) is 3.45. The molecule has 1 aliphatic rings. The molecule has 94 valence electrons. The van der Waals surface area contributed by atoms with Gasteiger partial charge >= 0.3 is 5.97 Å². The lowest BCUT2D eigenvalue weighted by Crippen LogP contribution is -2.50. The lowest BCUT2D eigenvalue weighted by atomic mass is 9.82. The molecule has 0 aromatic heterocycles. The van der Waals surface area contributed by atoms with E-state index in [2.05, 4.69) is 0 Å². The van der Waals surface area contributed by atoms with Crippen LogP contribution >= 0.6 is 0 Å². The molecule has 5 atom stereocenters. The number of carbonyl (C=O) groups is 1. The summed E-state index contributed by atoms with van der Waals surface area (Å²) in [5.74, 6) is -0.178. The number of rotatable bonds is 3. The summed E-state index contributed by atoms with van der Waals surface area (Å²) in [6.45, 7) is 7.58. The Kier molecular flexibility index (Phi) is 4.74. The Labute approximate surface area is 96.9 Å². The molecule has 1 rings (SSSR count). The van der Waals surface area contributed by atoms with Crippen LogP contribution in [0.2, 0.25) is 0 Å². The lowest BCUT2D eigenvalue weighted by Gasteiger charge is -2.42. The van der Waals surface area contributed by atoms with Crippen LogP contribution in [-0.4, -0.2) is 36.0 Å². The van der Waals surface area contributed by atoms with Crippen molar-refractivity contribution in [3.05, 3.63) is 0 Å². The van der Waals surface area contributed by atoms with Crippen molar-refractivity contribution < 1.29 is 19.4 Å². The Morgan fingerprint density at radius 3 is 2.38 bits per heavy atom. The zero-order valence-electron chi connectivity index (χ0n) is 10.5. The minimum absolute atomic E-state index is 0.00264. The summed E-state index contributed by atoms with van der Waals surface area (Å²) in [6.07, 6.45) is 0.327. The number of esters is 1. The SMILES string of the molecule is CCC1OC(COC(C)=O)C(C)C(O)C1C. The molecule has 0 radical (unpaired) electrons. The maximum atomic E-state index is 10.7. The van der Waals surface area contributed by atoms with Crippen molar-refractivity contribution in [1.29, 1.82) is 0 Å². The molecule has 1 heterocycles. The fraction of sp³-hybridized carbons (Fsp3) is 0.917. The van der Waals surface area contributed by atoms with Crippen LogP contribution in [0.1, 0.15) is 34.1 Å². The number of carbonyl (C=O) groups excluding carboxylic acids is 1. The predicted molar refractivity (Wildman–Crippen MR) is 59.9 cm³/mol. The van der Waals surface area contributed by atoms with Crippen LogP contribution in [0.4, 0.5) is 0 Å². The fourth-order valence-electron chi connectivity index (χ4n) is 2.25. The first kappa shape index (κ1) is 13.5. The first-order valence-corrected chi connectivity index (χ1v) is 5.94. The third-order valence-electron chi connectivity index (χ3n) is 3.45. The van der Waals surface area contributed by atoms with E-state index < -0.39 is 0 Å². The molecule has 1 fully saturated rings. The van der Waals surface area contributed by atoms with E-state index in [-0.39, 0.29) is 42.7 Å². The number of aliphatic hydroxyl groups is 1. The van der Waals surface area contributed by atoms with Gasteiger partial charge in [-0.1, -0.05) is 20.8 Å². The minimum Gasteiger partial charge on any atom is -0.463 e. The lowest BCUT2D eigenvalue weighted by molar-refractivity contribution is -0.185. The van der Waals surface area contributed by atoms with E-state index in [0.717, 1.165) is 6.42 Å². The molecular formula is C12H22O4. The van der Waals surface area contributed by atoms with Crippen molar-refractivity contribution in [3.63, 3.8) is 0 Å². The van der Waals surface area contributed by atoms with Gasteiger partial charge in [0.05, 0.1) is 18.3 Å². The van der Waals surface area contributed by atoms with Crippen molar-refractivity contribution >= 4 is 5.97 Å². The third kappa shape index (κ3) is 2.95. The van der Waals surface area contributed by atoms with Gasteiger partial charge in [0.2, 0.25) is 0 Å². The Hall–Kier alpha value is -0.610. The Morgan fingerprint density at radius 1 is 1.31 bits per heavy atom. The first-order chi connectivity index (χ1) is 7.47. The van der Waals surface area contributed by atoms with Gasteiger partial charge in [0, 0.05) is 18.8 Å². The van der Waals surface area contributed by atoms with E-state index >= 15 is 0 Å². The monoisotopic (exact) mass is 230 g/mol. The van der Waals surface area contributed by atoms with Crippen molar-refractivity contribution in [2.24, 2.45) is 11.8 Å². The van der Waals surface area contributed by atoms with E-state index in [1.807, 2.05) is 20.8 Å². The molecule has 0 aromatic carbocycles. The van der Waals surface area contributed by atoms with E-state index in [1.54, 1.807) is 0 Å². The smallest absolute Gasteiger partial charge is 0.302 e. The molecule has 0 aromatic rings. The van der Waals surface area contributed by atoms with Crippen LogP contribution in [0, 0.1) is 11.8 Å². The van der Waals surface area contributed by atoms with Gasteiger partial charge in [0.15, 0.2) is 0 Å². The average Bonchev–Trinajstić information content (AvgIpc) is 2.25. The number of hydrogen-bond donors (Lipinski definition) is 1. The number of aliphatic hydroxyl groups excluding tert-OH is 1. The molecule has 5 unspecified atom stereocenters. The quantitative estimate of drug-likeness (QED) is 0.744. The predicted octanol–water partition coefficient (Wildman–Crippen LogP) is 1.36. The fourth-order valence-corrected chi connectivity index (χ4v) is 2.25. The van der Waals surface area contributed by atoms with Gasteiger partial charge in [-0.15, -0.1) is 0 Å². The summed E-state index contributed by atoms with van der Waals surface area (Å²) >= 11 is 0. The zero-order chi connectivity index (χ0) is 12.3. The maximum absolute atomic E-state index is 10.7. The molecule has 1 saturated heterocycles. The molecular weight excluding hydrogens is 208 g/mol. The van der Waals surface area contributed by atoms with Crippen LogP contribution in [0.25, 0.3) is 0 Å². The summed E-state index contributed by atoms with van der Waals surface area (Å²) in [4.78, 5) is 10.7. The van der Waals surface area contributed by atoms with Crippen molar-refractivity contribution in [2.75, 3.05) is 6.61 Å². The van der Waals surface area contributed by atoms with Gasteiger partial charge in [0.25, 0.3) is 0 Å². The molecule has 4 nitrogen and oxygen atoms in total. The van der Waals surface area contributed by atoms with Gasteiger partial charge in [-0.25, -0.2) is 0 Å². The van der Waals surface area contributed by atoms with E-state index in [1.165, 1.54) is 6.92 Å². The van der Waals surface area contributed by atoms with Crippen LogP contribution in [0.5, 0.6) is 0 Å². The van der Waals surface area contributed by atoms with Gasteiger partial charge in [-0.3, -0.25) is 4.79 Å². The molecule has 0 bridgehead atoms. The molecule has 0 aliphatic carbocycles. The first-order valence-electron chi connectivity index (χ1n) is 5.94. The number of hydrogen-bond acceptors (Lipinski definition) is 4. The molecule has 1 aliphatic heterocycles. The van der Waals surface area contributed by atoms with E-state index in [9.17, 15) is 9.90 Å². The highest BCUT2D eigenvalue weighted by Crippen LogP contribution is 2.31. The van der Waals surface area contributed by atoms with E-state index in [4.69, 9.17) is 9.47 Å². The largest absolute Gasteiger partial charge is 0.463 e. The van der Waals surface area contributed by atoms with Gasteiger partial charge in [-0.05, 0) is 6.42 Å². The van der Waals surface area contributed by atoms with Crippen LogP contribution in [0.3, 0.4) is 0 Å². The summed E-state index contributed by atoms with van der Waals surface area (Å²) in [7, 11) is 0. The summed E-state index contributed by atoms with van der Waals surface area (Å²) in [6, 6.07) is 0. The van der Waals surface area contributed by atoms with Crippen molar-refractivity contribution in [1.82, 2.24) is 0 Å². The Bertz CT molecular complexity index is 239. The second-order valence-corrected chi connectivity index (χ2v) is 4.63. The van der Waals surface area contributed by atoms with Crippen LogP contribution in [0.15, 0.2) is 0 Å².